The third-order valence-electron chi connectivity index (χ3n) is 8.91. The number of ether oxygens (including phenoxy) is 1. The van der Waals surface area contributed by atoms with E-state index >= 15 is 0 Å². The third kappa shape index (κ3) is 2.20. The second-order valence-corrected chi connectivity index (χ2v) is 10.2. The minimum atomic E-state index is -1.24. The molecule has 0 aromatic rings. The van der Waals surface area contributed by atoms with E-state index in [-0.39, 0.29) is 40.6 Å². The van der Waals surface area contributed by atoms with Gasteiger partial charge in [-0.1, -0.05) is 26.8 Å². The van der Waals surface area contributed by atoms with Gasteiger partial charge in [0.25, 0.3) is 0 Å². The van der Waals surface area contributed by atoms with Gasteiger partial charge >= 0.3 is 5.97 Å². The third-order valence-corrected chi connectivity index (χ3v) is 8.91. The summed E-state index contributed by atoms with van der Waals surface area (Å²) in [4.78, 5) is 25.4. The summed E-state index contributed by atoms with van der Waals surface area (Å²) < 4.78 is 5.63. The van der Waals surface area contributed by atoms with Crippen LogP contribution in [0.3, 0.4) is 0 Å². The first-order valence-corrected chi connectivity index (χ1v) is 10.4. The molecular weight excluding hydrogens is 360 g/mol. The lowest BCUT2D eigenvalue weighted by atomic mass is 9.39. The summed E-state index contributed by atoms with van der Waals surface area (Å²) in [5.41, 5.74) is -1.67. The Morgan fingerprint density at radius 2 is 1.89 bits per heavy atom. The van der Waals surface area contributed by atoms with Gasteiger partial charge in [-0.2, -0.15) is 0 Å². The molecule has 28 heavy (non-hydrogen) atoms. The molecule has 3 N–H and O–H groups in total. The highest BCUT2D eigenvalue weighted by atomic mass is 16.5. The molecule has 0 radical (unpaired) electrons. The van der Waals surface area contributed by atoms with E-state index in [0.29, 0.717) is 12.8 Å². The highest BCUT2D eigenvalue weighted by Gasteiger charge is 2.76. The molecular formula is C22H32O6. The van der Waals surface area contributed by atoms with Crippen LogP contribution in [0.5, 0.6) is 0 Å². The average molecular weight is 392 g/mol. The number of ketones is 1. The van der Waals surface area contributed by atoms with Crippen molar-refractivity contribution in [3.8, 4) is 0 Å². The van der Waals surface area contributed by atoms with Crippen molar-refractivity contribution < 1.29 is 29.6 Å². The molecule has 6 nitrogen and oxygen atoms in total. The molecule has 156 valence electrons. The molecule has 0 saturated heterocycles. The molecule has 6 heteroatoms. The summed E-state index contributed by atoms with van der Waals surface area (Å²) >= 11 is 0. The zero-order chi connectivity index (χ0) is 20.6. The van der Waals surface area contributed by atoms with Gasteiger partial charge in [0, 0.05) is 13.5 Å². The predicted octanol–water partition coefficient (Wildman–Crippen LogP) is 1.61. The van der Waals surface area contributed by atoms with Crippen molar-refractivity contribution in [1.82, 2.24) is 0 Å². The van der Waals surface area contributed by atoms with Crippen LogP contribution in [0.15, 0.2) is 12.2 Å². The number of fused-ring (bicyclic) bond motifs is 3. The zero-order valence-corrected chi connectivity index (χ0v) is 17.0. The van der Waals surface area contributed by atoms with Gasteiger partial charge in [-0.05, 0) is 53.9 Å². The summed E-state index contributed by atoms with van der Waals surface area (Å²) in [5, 5.41) is 32.5. The van der Waals surface area contributed by atoms with Crippen molar-refractivity contribution in [3.63, 3.8) is 0 Å². The predicted molar refractivity (Wildman–Crippen MR) is 101 cm³/mol. The first kappa shape index (κ1) is 20.0. The molecule has 4 saturated carbocycles. The van der Waals surface area contributed by atoms with Crippen molar-refractivity contribution in [1.29, 1.82) is 0 Å². The van der Waals surface area contributed by atoms with E-state index in [1.165, 1.54) is 6.92 Å². The smallest absolute Gasteiger partial charge is 0.302 e. The number of aliphatic hydroxyl groups is 3. The second kappa shape index (κ2) is 6.13. The number of carbonyl (C=O) groups is 2. The van der Waals surface area contributed by atoms with Gasteiger partial charge in [-0.3, -0.25) is 9.59 Å². The molecule has 0 aliphatic heterocycles. The van der Waals surface area contributed by atoms with Gasteiger partial charge in [0.05, 0.1) is 18.1 Å². The SMILES string of the molecule is C=C1C(=O)[C@@]23[C@H](O)C[C@@H]4[C@@](C)(CO)CCC[C@@]4(C)[C@@H]2C[C@H](O)[C@@H]1[C@H]3OC(C)=O. The van der Waals surface area contributed by atoms with Crippen LogP contribution in [-0.4, -0.2) is 52.0 Å². The van der Waals surface area contributed by atoms with Crippen LogP contribution in [0.4, 0.5) is 0 Å². The number of aliphatic hydroxyl groups excluding tert-OH is 3. The zero-order valence-electron chi connectivity index (χ0n) is 17.0. The maximum atomic E-state index is 13.5. The van der Waals surface area contributed by atoms with Crippen molar-refractivity contribution in [2.75, 3.05) is 6.61 Å². The van der Waals surface area contributed by atoms with Crippen LogP contribution in [0.2, 0.25) is 0 Å². The number of hydrogen-bond acceptors (Lipinski definition) is 6. The van der Waals surface area contributed by atoms with E-state index in [1.54, 1.807) is 0 Å². The number of rotatable bonds is 2. The van der Waals surface area contributed by atoms with E-state index in [4.69, 9.17) is 4.74 Å². The Morgan fingerprint density at radius 1 is 1.21 bits per heavy atom. The van der Waals surface area contributed by atoms with Crippen LogP contribution in [-0.2, 0) is 14.3 Å². The number of Topliss-reactive ketones (excluding diaryl/α,β-unsaturated/α-hetero) is 1. The fraction of sp³-hybridized carbons (Fsp3) is 0.818. The summed E-state index contributed by atoms with van der Waals surface area (Å²) in [6.45, 7) is 9.44. The van der Waals surface area contributed by atoms with Crippen LogP contribution in [0.1, 0.15) is 52.9 Å². The first-order valence-electron chi connectivity index (χ1n) is 10.4. The highest BCUT2D eigenvalue weighted by molar-refractivity contribution is 6.05. The summed E-state index contributed by atoms with van der Waals surface area (Å²) in [7, 11) is 0. The van der Waals surface area contributed by atoms with Crippen molar-refractivity contribution >= 4 is 11.8 Å². The van der Waals surface area contributed by atoms with Gasteiger partial charge in [0.2, 0.25) is 0 Å². The number of esters is 1. The molecule has 4 rings (SSSR count). The molecule has 1 spiro atoms. The summed E-state index contributed by atoms with van der Waals surface area (Å²) in [5.74, 6) is -1.74. The van der Waals surface area contributed by atoms with Crippen LogP contribution < -0.4 is 0 Å². The summed E-state index contributed by atoms with van der Waals surface area (Å²) in [6.07, 6.45) is 0.680. The Labute approximate surface area is 166 Å². The Kier molecular flexibility index (Phi) is 4.39. The lowest BCUT2D eigenvalue weighted by Gasteiger charge is -2.65. The topological polar surface area (TPSA) is 104 Å². The largest absolute Gasteiger partial charge is 0.461 e. The van der Waals surface area contributed by atoms with E-state index in [9.17, 15) is 24.9 Å². The lowest BCUT2D eigenvalue weighted by molar-refractivity contribution is -0.247. The lowest BCUT2D eigenvalue weighted by Crippen LogP contribution is -2.69. The van der Waals surface area contributed by atoms with Crippen LogP contribution >= 0.6 is 0 Å². The maximum absolute atomic E-state index is 13.5. The van der Waals surface area contributed by atoms with E-state index in [0.717, 1.165) is 19.3 Å². The molecule has 0 aromatic carbocycles. The molecule has 4 aliphatic rings. The Balaban J connectivity index is 1.90. The van der Waals surface area contributed by atoms with Gasteiger partial charge in [-0.25, -0.2) is 0 Å². The average Bonchev–Trinajstić information content (AvgIpc) is 2.77. The highest BCUT2D eigenvalue weighted by Crippen LogP contribution is 2.71. The van der Waals surface area contributed by atoms with Crippen molar-refractivity contribution in [2.24, 2.45) is 34.0 Å². The summed E-state index contributed by atoms with van der Waals surface area (Å²) in [6, 6.07) is 0. The molecule has 0 aromatic heterocycles. The molecule has 4 fully saturated rings. The van der Waals surface area contributed by atoms with E-state index < -0.39 is 35.6 Å². The maximum Gasteiger partial charge on any atom is 0.302 e. The van der Waals surface area contributed by atoms with E-state index in [1.807, 2.05) is 0 Å². The van der Waals surface area contributed by atoms with Gasteiger partial charge in [0.1, 0.15) is 11.5 Å². The molecule has 4 aliphatic carbocycles. The molecule has 0 amide bonds. The Morgan fingerprint density at radius 3 is 2.50 bits per heavy atom. The van der Waals surface area contributed by atoms with Crippen molar-refractivity contribution in [2.45, 2.75) is 71.2 Å². The first-order chi connectivity index (χ1) is 13.0. The van der Waals surface area contributed by atoms with Gasteiger partial charge < -0.3 is 20.1 Å². The molecule has 2 bridgehead atoms. The fourth-order valence-corrected chi connectivity index (χ4v) is 7.75. The minimum Gasteiger partial charge on any atom is -0.461 e. The number of carbonyl (C=O) groups excluding carboxylic acids is 2. The standard InChI is InChI=1S/C22H32O6/c1-11-17-13(25)8-15-21(4)7-5-6-20(3,10-23)14(21)9-16(26)22(15,18(11)27)19(17)28-12(2)24/h13-17,19,23,25-26H,1,5-10H2,2-4H3/t13-,14+,15-,16+,17+,19+,20+,21+,22-/m0/s1. The van der Waals surface area contributed by atoms with E-state index in [2.05, 4.69) is 20.4 Å². The monoisotopic (exact) mass is 392 g/mol. The quantitative estimate of drug-likeness (QED) is 0.487. The second-order valence-electron chi connectivity index (χ2n) is 10.2. The van der Waals surface area contributed by atoms with Crippen LogP contribution in [0, 0.1) is 34.0 Å². The minimum absolute atomic E-state index is 0.0211. The molecule has 0 unspecified atom stereocenters. The molecule has 9 atom stereocenters. The van der Waals surface area contributed by atoms with Crippen LogP contribution in [0.25, 0.3) is 0 Å². The molecule has 0 heterocycles. The number of hydrogen-bond donors (Lipinski definition) is 3. The Hall–Kier alpha value is -1.24. The van der Waals surface area contributed by atoms with Gasteiger partial charge in [-0.15, -0.1) is 0 Å². The fourth-order valence-electron chi connectivity index (χ4n) is 7.75. The normalized spacial score (nSPS) is 52.8. The van der Waals surface area contributed by atoms with Crippen molar-refractivity contribution in [3.05, 3.63) is 12.2 Å². The Bertz CT molecular complexity index is 733. The van der Waals surface area contributed by atoms with Gasteiger partial charge in [0.15, 0.2) is 5.78 Å².